The minimum absolute atomic E-state index is 0.155. The van der Waals surface area contributed by atoms with E-state index in [2.05, 4.69) is 9.97 Å². The molecule has 1 heterocycles. The van der Waals surface area contributed by atoms with Crippen LogP contribution in [0.15, 0.2) is 12.5 Å². The molecule has 0 saturated heterocycles. The Morgan fingerprint density at radius 3 is 2.92 bits per heavy atom. The number of aromatic amines is 1. The summed E-state index contributed by atoms with van der Waals surface area (Å²) in [7, 11) is 0. The molecule has 1 aromatic rings. The molecule has 4 N–H and O–H groups in total. The first kappa shape index (κ1) is 9.53. The van der Waals surface area contributed by atoms with Gasteiger partial charge in [-0.05, 0) is 0 Å². The average Bonchev–Trinajstić information content (AvgIpc) is 2.53. The Morgan fingerprint density at radius 1 is 1.83 bits per heavy atom. The first-order chi connectivity index (χ1) is 5.63. The molecule has 0 bridgehead atoms. The van der Waals surface area contributed by atoms with Gasteiger partial charge in [0.05, 0.1) is 0 Å². The third-order valence-corrected chi connectivity index (χ3v) is 3.41. The molecule has 0 aliphatic rings. The molecule has 5 nitrogen and oxygen atoms in total. The van der Waals surface area contributed by atoms with Crippen molar-refractivity contribution in [1.29, 1.82) is 0 Å². The molecule has 0 aliphatic carbocycles. The predicted octanol–water partition coefficient (Wildman–Crippen LogP) is -0.969. The maximum atomic E-state index is 10.5. The van der Waals surface area contributed by atoms with Gasteiger partial charge in [0, 0.05) is 0 Å². The first-order valence-corrected chi connectivity index (χ1v) is 4.95. The number of nitrogens with two attached hydrogens (primary N) is 1. The van der Waals surface area contributed by atoms with Crippen LogP contribution < -0.4 is 5.73 Å². The summed E-state index contributed by atoms with van der Waals surface area (Å²) in [4.78, 5) is 17.1. The molecule has 0 amide bonds. The van der Waals surface area contributed by atoms with Gasteiger partial charge in [-0.15, -0.1) is 0 Å². The molecule has 0 saturated carbocycles. The third-order valence-electron chi connectivity index (χ3n) is 1.50. The van der Waals surface area contributed by atoms with E-state index in [4.69, 9.17) is 10.8 Å². The van der Waals surface area contributed by atoms with E-state index in [9.17, 15) is 4.79 Å². The fourth-order valence-electron chi connectivity index (χ4n) is 0.773. The quantitative estimate of drug-likeness (QED) is 0.618. The van der Waals surface area contributed by atoms with Gasteiger partial charge in [0.1, 0.15) is 0 Å². The van der Waals surface area contributed by atoms with Crippen molar-refractivity contribution in [2.75, 3.05) is 0 Å². The van der Waals surface area contributed by atoms with Gasteiger partial charge in [0.25, 0.3) is 0 Å². The van der Waals surface area contributed by atoms with Crippen molar-refractivity contribution in [2.45, 2.75) is 9.98 Å². The number of aliphatic carboxylic acids is 1. The zero-order valence-corrected chi connectivity index (χ0v) is 9.04. The number of rotatable bonds is 3. The Kier molecular flexibility index (Phi) is 3.10. The number of H-pyrrole nitrogens is 1. The SMILES string of the molecule is N[C@H](C(=O)O)[CH]([Sn])c1cnc[nH]1. The molecule has 63 valence electrons. The van der Waals surface area contributed by atoms with E-state index in [0.29, 0.717) is 0 Å². The second-order valence-corrected chi connectivity index (χ2v) is 4.12. The number of carboxylic acid groups (broad SMARTS) is 1. The molecule has 0 aliphatic heterocycles. The average molecular weight is 273 g/mol. The summed E-state index contributed by atoms with van der Waals surface area (Å²) in [6.45, 7) is 0. The number of carboxylic acids is 1. The molecular weight excluding hydrogens is 265 g/mol. The Labute approximate surface area is 82.5 Å². The first-order valence-electron chi connectivity index (χ1n) is 3.30. The van der Waals surface area contributed by atoms with E-state index in [-0.39, 0.29) is 3.93 Å². The van der Waals surface area contributed by atoms with Crippen LogP contribution in [-0.4, -0.2) is 49.6 Å². The van der Waals surface area contributed by atoms with Crippen LogP contribution in [0.4, 0.5) is 0 Å². The molecule has 1 rings (SSSR count). The van der Waals surface area contributed by atoms with Crippen LogP contribution >= 0.6 is 0 Å². The minimum atomic E-state index is -0.980. The van der Waals surface area contributed by atoms with Crippen LogP contribution in [0.2, 0.25) is 0 Å². The Hall–Kier alpha value is -0.561. The van der Waals surface area contributed by atoms with Crippen LogP contribution in [0.3, 0.4) is 0 Å². The van der Waals surface area contributed by atoms with Gasteiger partial charge in [-0.3, -0.25) is 0 Å². The fraction of sp³-hybridized carbons (Fsp3) is 0.333. The maximum absolute atomic E-state index is 10.5. The van der Waals surface area contributed by atoms with Crippen molar-refractivity contribution in [3.05, 3.63) is 18.2 Å². The molecular formula is C6H8N3O2Sn. The molecule has 1 unspecified atom stereocenters. The van der Waals surface area contributed by atoms with Crippen molar-refractivity contribution in [3.63, 3.8) is 0 Å². The number of hydrogen-bond donors (Lipinski definition) is 3. The van der Waals surface area contributed by atoms with Gasteiger partial charge in [-0.2, -0.15) is 0 Å². The van der Waals surface area contributed by atoms with Gasteiger partial charge in [0.2, 0.25) is 0 Å². The molecule has 0 spiro atoms. The van der Waals surface area contributed by atoms with Gasteiger partial charge in [0.15, 0.2) is 0 Å². The van der Waals surface area contributed by atoms with Crippen molar-refractivity contribution in [3.8, 4) is 0 Å². The second-order valence-electron chi connectivity index (χ2n) is 2.35. The number of imidazole rings is 1. The zero-order valence-electron chi connectivity index (χ0n) is 6.19. The molecule has 3 radical (unpaired) electrons. The van der Waals surface area contributed by atoms with Crippen molar-refractivity contribution in [1.82, 2.24) is 9.97 Å². The summed E-state index contributed by atoms with van der Waals surface area (Å²) in [5, 5.41) is 8.61. The monoisotopic (exact) mass is 274 g/mol. The zero-order chi connectivity index (χ0) is 9.14. The number of hydrogen-bond acceptors (Lipinski definition) is 3. The van der Waals surface area contributed by atoms with E-state index < -0.39 is 12.0 Å². The van der Waals surface area contributed by atoms with Crippen LogP contribution in [0.5, 0.6) is 0 Å². The van der Waals surface area contributed by atoms with E-state index in [1.807, 2.05) is 0 Å². The number of nitrogens with one attached hydrogen (secondary N) is 1. The number of aromatic nitrogens is 2. The molecule has 12 heavy (non-hydrogen) atoms. The Morgan fingerprint density at radius 2 is 2.50 bits per heavy atom. The van der Waals surface area contributed by atoms with E-state index in [0.717, 1.165) is 28.2 Å². The van der Waals surface area contributed by atoms with E-state index in [1.54, 1.807) is 6.20 Å². The van der Waals surface area contributed by atoms with Crippen molar-refractivity contribution >= 4 is 28.5 Å². The summed E-state index contributed by atoms with van der Waals surface area (Å²) >= 11 is 1.06. The summed E-state index contributed by atoms with van der Waals surface area (Å²) in [6, 6.07) is -0.844. The van der Waals surface area contributed by atoms with Crippen molar-refractivity contribution in [2.24, 2.45) is 5.73 Å². The van der Waals surface area contributed by atoms with E-state index >= 15 is 0 Å². The molecule has 2 atom stereocenters. The summed E-state index contributed by atoms with van der Waals surface area (Å²) in [5.74, 6) is -0.980. The van der Waals surface area contributed by atoms with Crippen molar-refractivity contribution < 1.29 is 9.90 Å². The normalized spacial score (nSPS) is 15.5. The molecule has 6 heteroatoms. The Bertz CT molecular complexity index is 262. The van der Waals surface area contributed by atoms with E-state index in [1.165, 1.54) is 6.33 Å². The second kappa shape index (κ2) is 3.90. The van der Waals surface area contributed by atoms with Gasteiger partial charge in [-0.1, -0.05) is 0 Å². The number of nitrogens with zero attached hydrogens (tertiary/aromatic N) is 1. The fourth-order valence-corrected chi connectivity index (χ4v) is 1.63. The number of carbonyl (C=O) groups is 1. The molecule has 1 aromatic heterocycles. The third kappa shape index (κ3) is 1.98. The topological polar surface area (TPSA) is 92.0 Å². The standard InChI is InChI=1S/C6H8N3O2.Sn/c7-5(6(10)11)1-4-2-8-3-9-4;/h1-3,5H,7H2,(H,8,9)(H,10,11);/t5-;/m0./s1. The van der Waals surface area contributed by atoms with Gasteiger partial charge < -0.3 is 0 Å². The summed E-state index contributed by atoms with van der Waals surface area (Å²) in [6.07, 6.45) is 3.11. The van der Waals surface area contributed by atoms with Crippen LogP contribution in [0.1, 0.15) is 9.63 Å². The molecule has 0 fully saturated rings. The summed E-state index contributed by atoms with van der Waals surface area (Å²) < 4.78 is -0.155. The van der Waals surface area contributed by atoms with Crippen LogP contribution in [-0.2, 0) is 4.79 Å². The van der Waals surface area contributed by atoms with Crippen LogP contribution in [0, 0.1) is 0 Å². The molecule has 0 aromatic carbocycles. The van der Waals surface area contributed by atoms with Gasteiger partial charge in [-0.25, -0.2) is 0 Å². The van der Waals surface area contributed by atoms with Gasteiger partial charge >= 0.3 is 82.3 Å². The Balaban J connectivity index is 2.71. The van der Waals surface area contributed by atoms with Crippen LogP contribution in [0.25, 0.3) is 0 Å². The predicted molar refractivity (Wildman–Crippen MR) is 42.7 cm³/mol. The summed E-state index contributed by atoms with van der Waals surface area (Å²) in [5.41, 5.74) is 6.21.